The molecule has 0 unspecified atom stereocenters. The molecular formula is C36H38Br2N2O4. The van der Waals surface area contributed by atoms with Gasteiger partial charge < -0.3 is 20.1 Å². The maximum atomic E-state index is 12.9. The topological polar surface area (TPSA) is 76.7 Å². The SMILES string of the molecule is O=C(NCCCCCCNC(=O)c1cc(Br)ccc1OCCc1ccccc1)c1cc(Br)ccc1OCCc1ccccc1. The summed E-state index contributed by atoms with van der Waals surface area (Å²) in [4.78, 5) is 25.8. The third kappa shape index (κ3) is 11.1. The fraction of sp³-hybridized carbons (Fsp3) is 0.278. The zero-order chi connectivity index (χ0) is 31.0. The summed E-state index contributed by atoms with van der Waals surface area (Å²) in [5.41, 5.74) is 3.42. The third-order valence-corrected chi connectivity index (χ3v) is 8.02. The molecule has 0 fully saturated rings. The summed E-state index contributed by atoms with van der Waals surface area (Å²) < 4.78 is 13.6. The number of hydrogen-bond donors (Lipinski definition) is 2. The second-order valence-electron chi connectivity index (χ2n) is 10.4. The molecule has 0 bridgehead atoms. The quantitative estimate of drug-likeness (QED) is 0.108. The Morgan fingerprint density at radius 2 is 0.955 bits per heavy atom. The van der Waals surface area contributed by atoms with Gasteiger partial charge in [-0.3, -0.25) is 9.59 Å². The van der Waals surface area contributed by atoms with E-state index in [0.29, 0.717) is 48.9 Å². The lowest BCUT2D eigenvalue weighted by atomic mass is 10.1. The molecule has 0 saturated carbocycles. The Morgan fingerprint density at radius 1 is 0.545 bits per heavy atom. The van der Waals surface area contributed by atoms with Crippen molar-refractivity contribution in [3.63, 3.8) is 0 Å². The maximum Gasteiger partial charge on any atom is 0.255 e. The number of nitrogens with one attached hydrogen (secondary N) is 2. The molecule has 0 heterocycles. The Balaban J connectivity index is 1.13. The molecule has 4 rings (SSSR count). The van der Waals surface area contributed by atoms with Crippen LogP contribution in [0.15, 0.2) is 106 Å². The van der Waals surface area contributed by atoms with Crippen molar-refractivity contribution >= 4 is 43.7 Å². The minimum atomic E-state index is -0.149. The Kier molecular flexibility index (Phi) is 13.8. The molecule has 0 aliphatic carbocycles. The number of halogens is 2. The first kappa shape index (κ1) is 33.3. The fourth-order valence-electron chi connectivity index (χ4n) is 4.66. The minimum Gasteiger partial charge on any atom is -0.492 e. The number of hydrogen-bond acceptors (Lipinski definition) is 4. The summed E-state index contributed by atoms with van der Waals surface area (Å²) in [7, 11) is 0. The fourth-order valence-corrected chi connectivity index (χ4v) is 5.38. The molecule has 44 heavy (non-hydrogen) atoms. The van der Waals surface area contributed by atoms with Crippen LogP contribution >= 0.6 is 31.9 Å². The molecule has 0 aliphatic rings. The van der Waals surface area contributed by atoms with Gasteiger partial charge in [0.2, 0.25) is 0 Å². The van der Waals surface area contributed by atoms with Crippen molar-refractivity contribution in [3.8, 4) is 11.5 Å². The smallest absolute Gasteiger partial charge is 0.255 e. The number of amides is 2. The van der Waals surface area contributed by atoms with Gasteiger partial charge in [0.15, 0.2) is 0 Å². The maximum absolute atomic E-state index is 12.9. The van der Waals surface area contributed by atoms with Crippen LogP contribution in [0.3, 0.4) is 0 Å². The summed E-state index contributed by atoms with van der Waals surface area (Å²) in [5, 5.41) is 6.03. The molecule has 0 radical (unpaired) electrons. The molecule has 230 valence electrons. The summed E-state index contributed by atoms with van der Waals surface area (Å²) in [5.74, 6) is 0.855. The molecule has 0 atom stereocenters. The van der Waals surface area contributed by atoms with Gasteiger partial charge in [0, 0.05) is 34.9 Å². The van der Waals surface area contributed by atoms with Gasteiger partial charge in [0.1, 0.15) is 11.5 Å². The monoisotopic (exact) mass is 720 g/mol. The number of carbonyl (C=O) groups excluding carboxylic acids is 2. The Labute approximate surface area is 276 Å². The van der Waals surface area contributed by atoms with Gasteiger partial charge in [0.25, 0.3) is 11.8 Å². The molecule has 2 amide bonds. The molecule has 0 aliphatic heterocycles. The lowest BCUT2D eigenvalue weighted by Gasteiger charge is -2.13. The van der Waals surface area contributed by atoms with E-state index in [1.807, 2.05) is 60.7 Å². The molecule has 4 aromatic rings. The molecule has 0 aromatic heterocycles. The molecule has 2 N–H and O–H groups in total. The molecule has 4 aromatic carbocycles. The third-order valence-electron chi connectivity index (χ3n) is 7.03. The average molecular weight is 723 g/mol. The van der Waals surface area contributed by atoms with Crippen molar-refractivity contribution in [2.24, 2.45) is 0 Å². The van der Waals surface area contributed by atoms with Crippen molar-refractivity contribution in [1.29, 1.82) is 0 Å². The van der Waals surface area contributed by atoms with E-state index in [2.05, 4.69) is 66.8 Å². The van der Waals surface area contributed by atoms with Crippen LogP contribution < -0.4 is 20.1 Å². The van der Waals surface area contributed by atoms with E-state index in [1.165, 1.54) is 11.1 Å². The van der Waals surface area contributed by atoms with Crippen LogP contribution in [-0.2, 0) is 12.8 Å². The standard InChI is InChI=1S/C36H38Br2N2O4/c37-29-15-17-33(43-23-19-27-11-5-3-6-12-27)31(25-29)35(41)39-21-9-1-2-10-22-40-36(42)32-26-30(38)16-18-34(32)44-24-20-28-13-7-4-8-14-28/h3-8,11-18,25-26H,1-2,9-10,19-24H2,(H,39,41)(H,40,42). The second-order valence-corrected chi connectivity index (χ2v) is 12.2. The van der Waals surface area contributed by atoms with E-state index in [-0.39, 0.29) is 11.8 Å². The first-order valence-electron chi connectivity index (χ1n) is 15.0. The first-order chi connectivity index (χ1) is 21.5. The van der Waals surface area contributed by atoms with Crippen LogP contribution in [-0.4, -0.2) is 38.1 Å². The lowest BCUT2D eigenvalue weighted by molar-refractivity contribution is 0.0938. The zero-order valence-corrected chi connectivity index (χ0v) is 27.9. The largest absolute Gasteiger partial charge is 0.492 e. The average Bonchev–Trinajstić information content (AvgIpc) is 3.04. The van der Waals surface area contributed by atoms with Gasteiger partial charge in [-0.05, 0) is 60.4 Å². The van der Waals surface area contributed by atoms with Crippen molar-refractivity contribution in [3.05, 3.63) is 128 Å². The number of ether oxygens (including phenoxy) is 2. The van der Waals surface area contributed by atoms with E-state index in [1.54, 1.807) is 12.1 Å². The highest BCUT2D eigenvalue weighted by atomic mass is 79.9. The Hall–Kier alpha value is -3.62. The summed E-state index contributed by atoms with van der Waals surface area (Å²) in [6.07, 6.45) is 5.13. The predicted octanol–water partition coefficient (Wildman–Crippen LogP) is 8.17. The van der Waals surface area contributed by atoms with Gasteiger partial charge in [-0.2, -0.15) is 0 Å². The summed E-state index contributed by atoms with van der Waals surface area (Å²) in [6, 6.07) is 31.3. The van der Waals surface area contributed by atoms with Gasteiger partial charge in [-0.15, -0.1) is 0 Å². The van der Waals surface area contributed by atoms with Crippen LogP contribution in [0.1, 0.15) is 57.5 Å². The van der Waals surface area contributed by atoms with Crippen molar-refractivity contribution in [1.82, 2.24) is 10.6 Å². The molecule has 6 nitrogen and oxygen atoms in total. The second kappa shape index (κ2) is 18.2. The highest BCUT2D eigenvalue weighted by Gasteiger charge is 2.15. The number of benzene rings is 4. The van der Waals surface area contributed by atoms with Crippen LogP contribution in [0.4, 0.5) is 0 Å². The first-order valence-corrected chi connectivity index (χ1v) is 16.6. The minimum absolute atomic E-state index is 0.149. The summed E-state index contributed by atoms with van der Waals surface area (Å²) in [6.45, 7) is 2.13. The van der Waals surface area contributed by atoms with E-state index in [9.17, 15) is 9.59 Å². The molecular weight excluding hydrogens is 684 g/mol. The lowest BCUT2D eigenvalue weighted by Crippen LogP contribution is -2.26. The van der Waals surface area contributed by atoms with Crippen LogP contribution in [0.2, 0.25) is 0 Å². The number of carbonyl (C=O) groups is 2. The van der Waals surface area contributed by atoms with Crippen molar-refractivity contribution < 1.29 is 19.1 Å². The van der Waals surface area contributed by atoms with Crippen LogP contribution in [0, 0.1) is 0 Å². The highest BCUT2D eigenvalue weighted by molar-refractivity contribution is 9.10. The van der Waals surface area contributed by atoms with Gasteiger partial charge in [0.05, 0.1) is 24.3 Å². The van der Waals surface area contributed by atoms with Gasteiger partial charge in [-0.25, -0.2) is 0 Å². The van der Waals surface area contributed by atoms with Crippen LogP contribution in [0.5, 0.6) is 11.5 Å². The molecule has 0 spiro atoms. The van der Waals surface area contributed by atoms with Crippen molar-refractivity contribution in [2.75, 3.05) is 26.3 Å². The normalized spacial score (nSPS) is 10.7. The predicted molar refractivity (Wildman–Crippen MR) is 183 cm³/mol. The Bertz CT molecular complexity index is 1370. The molecule has 8 heteroatoms. The number of unbranched alkanes of at least 4 members (excludes halogenated alkanes) is 3. The highest BCUT2D eigenvalue weighted by Crippen LogP contribution is 2.25. The van der Waals surface area contributed by atoms with Crippen molar-refractivity contribution in [2.45, 2.75) is 38.5 Å². The Morgan fingerprint density at radius 3 is 1.36 bits per heavy atom. The summed E-state index contributed by atoms with van der Waals surface area (Å²) >= 11 is 6.93. The van der Waals surface area contributed by atoms with E-state index >= 15 is 0 Å². The van der Waals surface area contributed by atoms with E-state index in [4.69, 9.17) is 9.47 Å². The van der Waals surface area contributed by atoms with Crippen LogP contribution in [0.25, 0.3) is 0 Å². The molecule has 0 saturated heterocycles. The zero-order valence-electron chi connectivity index (χ0n) is 24.7. The van der Waals surface area contributed by atoms with E-state index < -0.39 is 0 Å². The van der Waals surface area contributed by atoms with E-state index in [0.717, 1.165) is 47.5 Å². The van der Waals surface area contributed by atoms with Gasteiger partial charge in [-0.1, -0.05) is 105 Å². The van der Waals surface area contributed by atoms with Gasteiger partial charge >= 0.3 is 0 Å². The number of rotatable bonds is 17.